The van der Waals surface area contributed by atoms with E-state index in [4.69, 9.17) is 9.41 Å². The summed E-state index contributed by atoms with van der Waals surface area (Å²) >= 11 is 0. The van der Waals surface area contributed by atoms with Gasteiger partial charge in [-0.25, -0.2) is 0 Å². The summed E-state index contributed by atoms with van der Waals surface area (Å²) in [5.74, 6) is 0. The van der Waals surface area contributed by atoms with E-state index in [0.29, 0.717) is 0 Å². The molecule has 3 heteroatoms. The van der Waals surface area contributed by atoms with Crippen LogP contribution < -0.4 is 5.32 Å². The number of aliphatic imine (C=N–C) groups is 1. The van der Waals surface area contributed by atoms with Gasteiger partial charge in [-0.15, -0.1) is 0 Å². The minimum atomic E-state index is -0.381. The lowest BCUT2D eigenvalue weighted by molar-refractivity contribution is 0.653. The highest BCUT2D eigenvalue weighted by Gasteiger charge is 2.26. The Kier molecular flexibility index (Phi) is 8.23. The van der Waals surface area contributed by atoms with Crippen LogP contribution in [0.2, 0.25) is 0 Å². The van der Waals surface area contributed by atoms with Gasteiger partial charge in [-0.05, 0) is 56.6 Å². The van der Waals surface area contributed by atoms with Crippen molar-refractivity contribution in [1.82, 2.24) is 5.32 Å². The van der Waals surface area contributed by atoms with E-state index < -0.39 is 0 Å². The zero-order valence-corrected chi connectivity index (χ0v) is 30.1. The van der Waals surface area contributed by atoms with E-state index in [1.54, 1.807) is 0 Å². The first-order chi connectivity index (χ1) is 27.3. The molecule has 1 aromatic heterocycles. The Balaban J connectivity index is 1.18. The molecule has 1 aliphatic rings. The molecule has 0 radical (unpaired) electrons. The van der Waals surface area contributed by atoms with Crippen LogP contribution in [0.15, 0.2) is 216 Å². The van der Waals surface area contributed by atoms with Crippen molar-refractivity contribution in [3.05, 3.63) is 223 Å². The average molecular weight is 705 g/mol. The predicted molar refractivity (Wildman–Crippen MR) is 229 cm³/mol. The zero-order valence-electron chi connectivity index (χ0n) is 30.1. The van der Waals surface area contributed by atoms with E-state index in [1.807, 2.05) is 6.07 Å². The van der Waals surface area contributed by atoms with Crippen molar-refractivity contribution < 1.29 is 4.42 Å². The molecule has 8 aromatic carbocycles. The molecule has 0 saturated heterocycles. The molecule has 55 heavy (non-hydrogen) atoms. The fourth-order valence-corrected chi connectivity index (χ4v) is 7.82. The average Bonchev–Trinajstić information content (AvgIpc) is 3.66. The molecule has 2 heterocycles. The summed E-state index contributed by atoms with van der Waals surface area (Å²) < 4.78 is 7.15. The molecule has 1 N–H and O–H groups in total. The number of nitrogens with zero attached hydrogens (tertiary/aromatic N) is 1. The lowest BCUT2D eigenvalue weighted by Gasteiger charge is -2.26. The van der Waals surface area contributed by atoms with Gasteiger partial charge in [0.1, 0.15) is 17.3 Å². The second-order valence-corrected chi connectivity index (χ2v) is 13.9. The van der Waals surface area contributed by atoms with Crippen LogP contribution in [0.3, 0.4) is 0 Å². The monoisotopic (exact) mass is 704 g/mol. The normalized spacial score (nSPS) is 14.0. The number of hydrogen-bond donors (Lipinski definition) is 1. The standard InChI is InChI=1S/C52H36N2O/c1-5-15-35(16-6-1)37-27-29-38(30-28-37)43-25-14-26-44-45-31-32-46(49(51(45)55-50(43)44)42-24-13-23-41(33-42)36-17-7-2-8-18-36)52-53-47(39-19-9-3-10-20-39)34-48(54-52)40-21-11-4-12-22-40/h1-34,52-53H. The molecule has 10 rings (SSSR count). The SMILES string of the molecule is C1=C(c2ccccc2)NC(c2ccc3c(oc4c(-c5ccc(-c6ccccc6)cc5)cccc43)c2-c2cccc(-c3ccccc3)c2)N=C1c1ccccc1. The van der Waals surface area contributed by atoms with Crippen LogP contribution in [-0.4, -0.2) is 5.71 Å². The van der Waals surface area contributed by atoms with E-state index in [-0.39, 0.29) is 6.17 Å². The first kappa shape index (κ1) is 32.4. The van der Waals surface area contributed by atoms with Crippen LogP contribution in [0.1, 0.15) is 22.9 Å². The first-order valence-corrected chi connectivity index (χ1v) is 18.7. The Morgan fingerprint density at radius 1 is 0.400 bits per heavy atom. The summed E-state index contributed by atoms with van der Waals surface area (Å²) in [5.41, 5.74) is 15.9. The smallest absolute Gasteiger partial charge is 0.146 e. The molecule has 1 aliphatic heterocycles. The van der Waals surface area contributed by atoms with Crippen LogP contribution in [0.4, 0.5) is 0 Å². The van der Waals surface area contributed by atoms with E-state index >= 15 is 0 Å². The molecule has 0 saturated carbocycles. The van der Waals surface area contributed by atoms with Gasteiger partial charge in [0.05, 0.1) is 5.71 Å². The second kappa shape index (κ2) is 14.0. The van der Waals surface area contributed by atoms with E-state index in [0.717, 1.165) is 77.9 Å². The van der Waals surface area contributed by atoms with Gasteiger partial charge in [-0.3, -0.25) is 4.99 Å². The van der Waals surface area contributed by atoms with Gasteiger partial charge < -0.3 is 9.73 Å². The van der Waals surface area contributed by atoms with E-state index in [1.165, 1.54) is 16.7 Å². The third kappa shape index (κ3) is 6.12. The number of hydrogen-bond acceptors (Lipinski definition) is 3. The summed E-state index contributed by atoms with van der Waals surface area (Å²) in [6, 6.07) is 70.5. The van der Waals surface area contributed by atoms with Crippen molar-refractivity contribution in [2.24, 2.45) is 4.99 Å². The number of benzene rings is 8. The molecule has 0 amide bonds. The van der Waals surface area contributed by atoms with Crippen LogP contribution in [0.5, 0.6) is 0 Å². The van der Waals surface area contributed by atoms with Crippen molar-refractivity contribution >= 4 is 33.3 Å². The van der Waals surface area contributed by atoms with Gasteiger partial charge in [-0.2, -0.15) is 0 Å². The Hall–Kier alpha value is -7.23. The van der Waals surface area contributed by atoms with Gasteiger partial charge >= 0.3 is 0 Å². The molecule has 1 atom stereocenters. The molecule has 3 nitrogen and oxygen atoms in total. The number of fused-ring (bicyclic) bond motifs is 3. The van der Waals surface area contributed by atoms with Crippen LogP contribution in [0, 0.1) is 0 Å². The zero-order chi connectivity index (χ0) is 36.6. The van der Waals surface area contributed by atoms with Gasteiger partial charge in [0.15, 0.2) is 0 Å². The summed E-state index contributed by atoms with van der Waals surface area (Å²) in [4.78, 5) is 5.41. The van der Waals surface area contributed by atoms with Crippen molar-refractivity contribution in [3.8, 4) is 44.5 Å². The third-order valence-electron chi connectivity index (χ3n) is 10.6. The number of furan rings is 1. The summed E-state index contributed by atoms with van der Waals surface area (Å²) in [6.07, 6.45) is 1.78. The summed E-state index contributed by atoms with van der Waals surface area (Å²) in [6.45, 7) is 0. The molecule has 1 unspecified atom stereocenters. The maximum absolute atomic E-state index is 7.15. The van der Waals surface area contributed by atoms with Gasteiger partial charge in [-0.1, -0.05) is 194 Å². The second-order valence-electron chi connectivity index (χ2n) is 13.9. The molecular weight excluding hydrogens is 669 g/mol. The number of para-hydroxylation sites is 1. The molecule has 0 spiro atoms. The highest BCUT2D eigenvalue weighted by atomic mass is 16.3. The highest BCUT2D eigenvalue weighted by molar-refractivity contribution is 6.15. The van der Waals surface area contributed by atoms with Gasteiger partial charge in [0.2, 0.25) is 0 Å². The lowest BCUT2D eigenvalue weighted by Crippen LogP contribution is -2.25. The first-order valence-electron chi connectivity index (χ1n) is 18.7. The van der Waals surface area contributed by atoms with Gasteiger partial charge in [0, 0.05) is 33.2 Å². The molecular formula is C52H36N2O. The fourth-order valence-electron chi connectivity index (χ4n) is 7.82. The van der Waals surface area contributed by atoms with Crippen molar-refractivity contribution in [2.75, 3.05) is 0 Å². The van der Waals surface area contributed by atoms with Crippen molar-refractivity contribution in [1.29, 1.82) is 0 Å². The van der Waals surface area contributed by atoms with Crippen LogP contribution in [0.25, 0.3) is 72.1 Å². The van der Waals surface area contributed by atoms with Crippen LogP contribution in [-0.2, 0) is 0 Å². The van der Waals surface area contributed by atoms with Crippen LogP contribution >= 0.6 is 0 Å². The summed E-state index contributed by atoms with van der Waals surface area (Å²) in [7, 11) is 0. The quantitative estimate of drug-likeness (QED) is 0.179. The largest absolute Gasteiger partial charge is 0.455 e. The number of nitrogens with one attached hydrogen (secondary N) is 1. The lowest BCUT2D eigenvalue weighted by atomic mass is 9.91. The Morgan fingerprint density at radius 3 is 1.62 bits per heavy atom. The Morgan fingerprint density at radius 2 is 0.927 bits per heavy atom. The van der Waals surface area contributed by atoms with Gasteiger partial charge in [0.25, 0.3) is 0 Å². The molecule has 0 fully saturated rings. The van der Waals surface area contributed by atoms with E-state index in [9.17, 15) is 0 Å². The summed E-state index contributed by atoms with van der Waals surface area (Å²) in [5, 5.41) is 5.99. The van der Waals surface area contributed by atoms with E-state index in [2.05, 4.69) is 206 Å². The molecule has 9 aromatic rings. The number of rotatable bonds is 7. The topological polar surface area (TPSA) is 37.5 Å². The maximum atomic E-state index is 7.15. The molecule has 260 valence electrons. The fraction of sp³-hybridized carbons (Fsp3) is 0.0192. The highest BCUT2D eigenvalue weighted by Crippen LogP contribution is 2.44. The molecule has 0 bridgehead atoms. The Labute approximate surface area is 320 Å². The van der Waals surface area contributed by atoms with Crippen molar-refractivity contribution in [3.63, 3.8) is 0 Å². The number of allylic oxidation sites excluding steroid dienone is 1. The van der Waals surface area contributed by atoms with Crippen molar-refractivity contribution in [2.45, 2.75) is 6.17 Å². The molecule has 0 aliphatic carbocycles. The third-order valence-corrected chi connectivity index (χ3v) is 10.6. The minimum absolute atomic E-state index is 0.381. The predicted octanol–water partition coefficient (Wildman–Crippen LogP) is 13.4. The Bertz CT molecular complexity index is 2860. The maximum Gasteiger partial charge on any atom is 0.146 e. The minimum Gasteiger partial charge on any atom is -0.455 e.